The van der Waals surface area contributed by atoms with Crippen molar-refractivity contribution >= 4 is 17.3 Å². The van der Waals surface area contributed by atoms with Gasteiger partial charge >= 0.3 is 5.97 Å². The van der Waals surface area contributed by atoms with Gasteiger partial charge in [-0.25, -0.2) is 0 Å². The van der Waals surface area contributed by atoms with E-state index in [2.05, 4.69) is 0 Å². The van der Waals surface area contributed by atoms with Gasteiger partial charge in [0.25, 0.3) is 11.4 Å². The highest BCUT2D eigenvalue weighted by atomic mass is 16.6. The van der Waals surface area contributed by atoms with Crippen LogP contribution < -0.4 is 0 Å². The molecule has 8 nitrogen and oxygen atoms in total. The molecule has 0 N–H and O–H groups in total. The van der Waals surface area contributed by atoms with E-state index in [1.807, 2.05) is 0 Å². The van der Waals surface area contributed by atoms with Crippen LogP contribution in [0.2, 0.25) is 0 Å². The molecule has 0 spiro atoms. The standard InChI is InChI=1S/C12H12N2O6/c1-12(5-4-11(15)20-12)7-8-2-3-9(13(16)17)6-10(8)14(18)19/h2-3,6H,4-5,7H2,1H3. The second-order valence-corrected chi connectivity index (χ2v) is 4.93. The van der Waals surface area contributed by atoms with Gasteiger partial charge in [-0.3, -0.25) is 25.0 Å². The summed E-state index contributed by atoms with van der Waals surface area (Å²) in [6.07, 6.45) is 0.907. The normalized spacial score (nSPS) is 21.6. The molecule has 20 heavy (non-hydrogen) atoms. The van der Waals surface area contributed by atoms with E-state index in [-0.39, 0.29) is 30.2 Å². The molecule has 1 aliphatic rings. The Morgan fingerprint density at radius 1 is 1.30 bits per heavy atom. The van der Waals surface area contributed by atoms with Gasteiger partial charge in [-0.15, -0.1) is 0 Å². The lowest BCUT2D eigenvalue weighted by Gasteiger charge is -2.22. The first-order valence-electron chi connectivity index (χ1n) is 5.94. The second kappa shape index (κ2) is 4.87. The number of non-ortho nitro benzene ring substituents is 1. The molecule has 1 unspecified atom stereocenters. The van der Waals surface area contributed by atoms with Gasteiger partial charge in [0.05, 0.1) is 15.9 Å². The third-order valence-electron chi connectivity index (χ3n) is 3.26. The minimum Gasteiger partial charge on any atom is -0.459 e. The molecule has 0 radical (unpaired) electrons. The minimum atomic E-state index is -0.794. The highest BCUT2D eigenvalue weighted by Gasteiger charge is 2.37. The van der Waals surface area contributed by atoms with Crippen LogP contribution in [-0.2, 0) is 16.0 Å². The quantitative estimate of drug-likeness (QED) is 0.474. The lowest BCUT2D eigenvalue weighted by Crippen LogP contribution is -2.27. The smallest absolute Gasteiger partial charge is 0.306 e. The number of hydrogen-bond donors (Lipinski definition) is 0. The molecule has 106 valence electrons. The summed E-state index contributed by atoms with van der Waals surface area (Å²) in [5.74, 6) is -0.336. The van der Waals surface area contributed by atoms with Gasteiger partial charge in [-0.1, -0.05) is 0 Å². The van der Waals surface area contributed by atoms with Crippen molar-refractivity contribution < 1.29 is 19.4 Å². The first-order valence-corrected chi connectivity index (χ1v) is 5.94. The van der Waals surface area contributed by atoms with Crippen LogP contribution in [0, 0.1) is 20.2 Å². The van der Waals surface area contributed by atoms with E-state index in [1.165, 1.54) is 12.1 Å². The number of nitrogens with zero attached hydrogens (tertiary/aromatic N) is 2. The van der Waals surface area contributed by atoms with Crippen LogP contribution in [-0.4, -0.2) is 21.4 Å². The summed E-state index contributed by atoms with van der Waals surface area (Å²) < 4.78 is 5.17. The van der Waals surface area contributed by atoms with Gasteiger partial charge in [-0.05, 0) is 19.4 Å². The Kier molecular flexibility index (Phi) is 3.39. The number of rotatable bonds is 4. The predicted molar refractivity (Wildman–Crippen MR) is 67.2 cm³/mol. The molecule has 2 rings (SSSR count). The van der Waals surface area contributed by atoms with E-state index in [1.54, 1.807) is 6.92 Å². The molecule has 0 saturated carbocycles. The fourth-order valence-electron chi connectivity index (χ4n) is 2.26. The van der Waals surface area contributed by atoms with E-state index in [4.69, 9.17) is 4.74 Å². The zero-order chi connectivity index (χ0) is 14.9. The summed E-state index contributed by atoms with van der Waals surface area (Å²) in [5.41, 5.74) is -1.15. The topological polar surface area (TPSA) is 113 Å². The Bertz CT molecular complexity index is 600. The lowest BCUT2D eigenvalue weighted by molar-refractivity contribution is -0.394. The molecular weight excluding hydrogens is 268 g/mol. The predicted octanol–water partition coefficient (Wildman–Crippen LogP) is 2.14. The van der Waals surface area contributed by atoms with Crippen molar-refractivity contribution in [2.75, 3.05) is 0 Å². The van der Waals surface area contributed by atoms with E-state index >= 15 is 0 Å². The first kappa shape index (κ1) is 13.9. The Morgan fingerprint density at radius 3 is 2.50 bits per heavy atom. The molecule has 1 atom stereocenters. The van der Waals surface area contributed by atoms with Crippen molar-refractivity contribution in [2.45, 2.75) is 31.8 Å². The molecule has 0 aromatic heterocycles. The highest BCUT2D eigenvalue weighted by Crippen LogP contribution is 2.34. The van der Waals surface area contributed by atoms with Crippen molar-refractivity contribution in [3.05, 3.63) is 44.0 Å². The van der Waals surface area contributed by atoms with Crippen LogP contribution in [0.15, 0.2) is 18.2 Å². The van der Waals surface area contributed by atoms with Crippen molar-refractivity contribution in [2.24, 2.45) is 0 Å². The van der Waals surface area contributed by atoms with Gasteiger partial charge in [0.2, 0.25) is 0 Å². The third kappa shape index (κ3) is 2.73. The molecular formula is C12H12N2O6. The number of hydrogen-bond acceptors (Lipinski definition) is 6. The van der Waals surface area contributed by atoms with E-state index in [0.29, 0.717) is 12.0 Å². The molecule has 1 aromatic carbocycles. The highest BCUT2D eigenvalue weighted by molar-refractivity contribution is 5.72. The molecule has 0 bridgehead atoms. The van der Waals surface area contributed by atoms with Crippen molar-refractivity contribution in [3.63, 3.8) is 0 Å². The number of nitro benzene ring substituents is 2. The van der Waals surface area contributed by atoms with Crippen molar-refractivity contribution in [3.8, 4) is 0 Å². The molecule has 1 aliphatic heterocycles. The van der Waals surface area contributed by atoms with Crippen LogP contribution in [0.4, 0.5) is 11.4 Å². The number of carbonyl (C=O) groups is 1. The summed E-state index contributed by atoms with van der Waals surface area (Å²) in [6.45, 7) is 1.70. The summed E-state index contributed by atoms with van der Waals surface area (Å²) in [5, 5.41) is 21.7. The Labute approximate surface area is 113 Å². The molecule has 1 aromatic rings. The minimum absolute atomic E-state index is 0.160. The van der Waals surface area contributed by atoms with Crippen LogP contribution >= 0.6 is 0 Å². The number of esters is 1. The second-order valence-electron chi connectivity index (χ2n) is 4.93. The summed E-state index contributed by atoms with van der Waals surface area (Å²) in [7, 11) is 0. The van der Waals surface area contributed by atoms with Crippen LogP contribution in [0.1, 0.15) is 25.3 Å². The summed E-state index contributed by atoms with van der Waals surface area (Å²) in [4.78, 5) is 31.5. The summed E-state index contributed by atoms with van der Waals surface area (Å²) in [6, 6.07) is 3.48. The number of carbonyl (C=O) groups excluding carboxylic acids is 1. The number of nitro groups is 2. The maximum Gasteiger partial charge on any atom is 0.306 e. The van der Waals surface area contributed by atoms with Crippen LogP contribution in [0.5, 0.6) is 0 Å². The number of cyclic esters (lactones) is 1. The van der Waals surface area contributed by atoms with E-state index in [9.17, 15) is 25.0 Å². The average Bonchev–Trinajstić information content (AvgIpc) is 2.68. The number of benzene rings is 1. The largest absolute Gasteiger partial charge is 0.459 e. The maximum absolute atomic E-state index is 11.2. The van der Waals surface area contributed by atoms with Crippen molar-refractivity contribution in [1.29, 1.82) is 0 Å². The average molecular weight is 280 g/mol. The fourth-order valence-corrected chi connectivity index (χ4v) is 2.26. The van der Waals surface area contributed by atoms with E-state index < -0.39 is 15.4 Å². The fraction of sp³-hybridized carbons (Fsp3) is 0.417. The van der Waals surface area contributed by atoms with Crippen LogP contribution in [0.3, 0.4) is 0 Å². The first-order chi connectivity index (χ1) is 9.31. The zero-order valence-electron chi connectivity index (χ0n) is 10.7. The lowest BCUT2D eigenvalue weighted by atomic mass is 9.92. The van der Waals surface area contributed by atoms with Gasteiger partial charge in [0.15, 0.2) is 0 Å². The van der Waals surface area contributed by atoms with Crippen molar-refractivity contribution in [1.82, 2.24) is 0 Å². The van der Waals surface area contributed by atoms with Gasteiger partial charge < -0.3 is 4.74 Å². The summed E-state index contributed by atoms with van der Waals surface area (Å²) >= 11 is 0. The van der Waals surface area contributed by atoms with Gasteiger partial charge in [-0.2, -0.15) is 0 Å². The molecule has 1 fully saturated rings. The Hall–Kier alpha value is -2.51. The van der Waals surface area contributed by atoms with Crippen LogP contribution in [0.25, 0.3) is 0 Å². The zero-order valence-corrected chi connectivity index (χ0v) is 10.7. The van der Waals surface area contributed by atoms with Gasteiger partial charge in [0, 0.05) is 24.5 Å². The van der Waals surface area contributed by atoms with Gasteiger partial charge in [0.1, 0.15) is 5.60 Å². The van der Waals surface area contributed by atoms with E-state index in [0.717, 1.165) is 6.07 Å². The third-order valence-corrected chi connectivity index (χ3v) is 3.26. The SMILES string of the molecule is CC1(Cc2ccc([N+](=O)[O-])cc2[N+](=O)[O-])CCC(=O)O1. The monoisotopic (exact) mass is 280 g/mol. The Morgan fingerprint density at radius 2 is 2.00 bits per heavy atom. The molecule has 1 heterocycles. The Balaban J connectivity index is 2.34. The maximum atomic E-state index is 11.2. The molecule has 0 amide bonds. The molecule has 0 aliphatic carbocycles. The number of ether oxygens (including phenoxy) is 1. The molecule has 8 heteroatoms. The molecule has 1 saturated heterocycles.